The Morgan fingerprint density at radius 3 is 2.26 bits per heavy atom. The van der Waals surface area contributed by atoms with Gasteiger partial charge in [0, 0.05) is 17.8 Å². The normalized spacial score (nSPS) is 10.6. The van der Waals surface area contributed by atoms with Crippen LogP contribution in [0.4, 0.5) is 18.9 Å². The highest BCUT2D eigenvalue weighted by Crippen LogP contribution is 2.24. The summed E-state index contributed by atoms with van der Waals surface area (Å²) >= 11 is 6.04. The van der Waals surface area contributed by atoms with Crippen LogP contribution in [0.1, 0.15) is 5.56 Å². The molecule has 0 aliphatic rings. The summed E-state index contributed by atoms with van der Waals surface area (Å²) in [6.07, 6.45) is 0. The van der Waals surface area contributed by atoms with E-state index in [0.717, 1.165) is 0 Å². The Kier molecular flexibility index (Phi) is 4.52. The van der Waals surface area contributed by atoms with Crippen LogP contribution in [0.5, 0.6) is 0 Å². The van der Waals surface area contributed by atoms with Gasteiger partial charge in [-0.25, -0.2) is 13.2 Å². The highest BCUT2D eigenvalue weighted by Gasteiger charge is 2.12. The molecule has 1 N–H and O–H groups in total. The molecule has 2 aromatic rings. The highest BCUT2D eigenvalue weighted by molar-refractivity contribution is 9.10. The van der Waals surface area contributed by atoms with Crippen molar-refractivity contribution in [1.82, 2.24) is 0 Å². The second-order valence-corrected chi connectivity index (χ2v) is 5.51. The molecule has 0 heterocycles. The van der Waals surface area contributed by atoms with Gasteiger partial charge in [0.2, 0.25) is 0 Å². The van der Waals surface area contributed by atoms with Gasteiger partial charge in [0.05, 0.1) is 8.95 Å². The molecule has 0 atom stereocenters. The molecule has 0 saturated carbocycles. The van der Waals surface area contributed by atoms with Gasteiger partial charge >= 0.3 is 0 Å². The summed E-state index contributed by atoms with van der Waals surface area (Å²) in [5.74, 6) is -1.67. The smallest absolute Gasteiger partial charge is 0.145 e. The lowest BCUT2D eigenvalue weighted by Gasteiger charge is -2.10. The summed E-state index contributed by atoms with van der Waals surface area (Å²) in [7, 11) is 0. The van der Waals surface area contributed by atoms with Gasteiger partial charge in [0.15, 0.2) is 0 Å². The Bertz CT molecular complexity index is 617. The summed E-state index contributed by atoms with van der Waals surface area (Å²) in [5, 5.41) is 2.84. The first-order valence-electron chi connectivity index (χ1n) is 5.30. The van der Waals surface area contributed by atoms with Gasteiger partial charge in [0.1, 0.15) is 17.5 Å². The molecule has 0 aliphatic carbocycles. The lowest BCUT2D eigenvalue weighted by atomic mass is 10.2. The van der Waals surface area contributed by atoms with Crippen molar-refractivity contribution < 1.29 is 13.2 Å². The third-order valence-electron chi connectivity index (χ3n) is 2.53. The molecule has 0 unspecified atom stereocenters. The fourth-order valence-corrected chi connectivity index (χ4v) is 2.28. The predicted molar refractivity (Wildman–Crippen MR) is 75.5 cm³/mol. The zero-order valence-electron chi connectivity index (χ0n) is 9.48. The molecule has 0 amide bonds. The largest absolute Gasteiger partial charge is 0.381 e. The molecule has 2 rings (SSSR count). The second kappa shape index (κ2) is 5.96. The first-order valence-corrected chi connectivity index (χ1v) is 6.89. The van der Waals surface area contributed by atoms with Crippen molar-refractivity contribution in [3.8, 4) is 0 Å². The van der Waals surface area contributed by atoms with Gasteiger partial charge < -0.3 is 5.32 Å². The molecule has 0 radical (unpaired) electrons. The van der Waals surface area contributed by atoms with Crippen molar-refractivity contribution in [1.29, 1.82) is 0 Å². The predicted octanol–water partition coefficient (Wildman–Crippen LogP) is 5.24. The molecule has 0 spiro atoms. The fraction of sp³-hybridized carbons (Fsp3) is 0.0769. The average Bonchev–Trinajstić information content (AvgIpc) is 2.38. The molecule has 0 aliphatic heterocycles. The summed E-state index contributed by atoms with van der Waals surface area (Å²) in [5.41, 5.74) is 0.488. The van der Waals surface area contributed by atoms with Crippen LogP contribution in [0, 0.1) is 17.5 Å². The summed E-state index contributed by atoms with van der Waals surface area (Å²) < 4.78 is 40.7. The van der Waals surface area contributed by atoms with Crippen LogP contribution in [-0.2, 0) is 6.54 Å². The van der Waals surface area contributed by atoms with Crippen molar-refractivity contribution in [2.24, 2.45) is 0 Å². The maximum atomic E-state index is 13.7. The van der Waals surface area contributed by atoms with Crippen molar-refractivity contribution in [3.63, 3.8) is 0 Å². The highest BCUT2D eigenvalue weighted by atomic mass is 79.9. The molecule has 0 fully saturated rings. The van der Waals surface area contributed by atoms with Crippen molar-refractivity contribution in [2.75, 3.05) is 5.32 Å². The molecular weight excluding hydrogens is 387 g/mol. The van der Waals surface area contributed by atoms with E-state index < -0.39 is 17.5 Å². The summed E-state index contributed by atoms with van der Waals surface area (Å²) in [6, 6.07) is 6.75. The van der Waals surface area contributed by atoms with E-state index in [1.165, 1.54) is 30.3 Å². The number of anilines is 1. The van der Waals surface area contributed by atoms with Gasteiger partial charge in [0.25, 0.3) is 0 Å². The van der Waals surface area contributed by atoms with Crippen LogP contribution in [0.25, 0.3) is 0 Å². The van der Waals surface area contributed by atoms with E-state index >= 15 is 0 Å². The first-order chi connectivity index (χ1) is 8.99. The zero-order valence-corrected chi connectivity index (χ0v) is 12.7. The van der Waals surface area contributed by atoms with Crippen molar-refractivity contribution in [2.45, 2.75) is 6.54 Å². The topological polar surface area (TPSA) is 12.0 Å². The van der Waals surface area contributed by atoms with Crippen LogP contribution in [-0.4, -0.2) is 0 Å². The van der Waals surface area contributed by atoms with Gasteiger partial charge in [-0.05, 0) is 62.2 Å². The average molecular weight is 395 g/mol. The lowest BCUT2D eigenvalue weighted by molar-refractivity contribution is 0.555. The Hall–Kier alpha value is -1.01. The third-order valence-corrected chi connectivity index (χ3v) is 3.75. The Balaban J connectivity index is 2.19. The molecule has 0 bridgehead atoms. The maximum Gasteiger partial charge on any atom is 0.145 e. The Labute approximate surface area is 125 Å². The van der Waals surface area contributed by atoms with Crippen LogP contribution >= 0.6 is 31.9 Å². The summed E-state index contributed by atoms with van der Waals surface area (Å²) in [6.45, 7) is -0.0326. The third kappa shape index (κ3) is 3.30. The number of rotatable bonds is 3. The molecule has 0 aromatic heterocycles. The number of nitrogens with one attached hydrogen (secondary N) is 1. The second-order valence-electron chi connectivity index (χ2n) is 3.80. The van der Waals surface area contributed by atoms with E-state index in [1.54, 1.807) is 0 Å². The monoisotopic (exact) mass is 393 g/mol. The van der Waals surface area contributed by atoms with E-state index in [0.29, 0.717) is 5.69 Å². The minimum atomic E-state index is -0.645. The molecule has 0 saturated heterocycles. The molecule has 19 heavy (non-hydrogen) atoms. The summed E-state index contributed by atoms with van der Waals surface area (Å²) in [4.78, 5) is 0. The van der Waals surface area contributed by atoms with Gasteiger partial charge in [-0.15, -0.1) is 0 Å². The molecule has 1 nitrogen and oxygen atoms in total. The van der Waals surface area contributed by atoms with Gasteiger partial charge in [-0.1, -0.05) is 0 Å². The number of hydrogen-bond acceptors (Lipinski definition) is 1. The zero-order chi connectivity index (χ0) is 14.0. The van der Waals surface area contributed by atoms with E-state index in [-0.39, 0.29) is 21.1 Å². The molecular formula is C13H8Br2F3N. The minimum absolute atomic E-state index is 0.0326. The standard InChI is InChI=1S/C13H8Br2F3N/c14-9-2-4-11(16)8(13(9)18)6-19-7-1-3-12(17)10(15)5-7/h1-5,19H,6H2. The molecule has 100 valence electrons. The van der Waals surface area contributed by atoms with Gasteiger partial charge in [-0.2, -0.15) is 0 Å². The Morgan fingerprint density at radius 1 is 0.895 bits per heavy atom. The maximum absolute atomic E-state index is 13.7. The van der Waals surface area contributed by atoms with Crippen LogP contribution < -0.4 is 5.32 Å². The van der Waals surface area contributed by atoms with Crippen molar-refractivity contribution in [3.05, 3.63) is 62.3 Å². The van der Waals surface area contributed by atoms with Crippen LogP contribution in [0.15, 0.2) is 39.3 Å². The SMILES string of the molecule is Fc1ccc(NCc2c(F)ccc(Br)c2F)cc1Br. The number of benzene rings is 2. The van der Waals surface area contributed by atoms with Crippen molar-refractivity contribution >= 4 is 37.5 Å². The van der Waals surface area contributed by atoms with Crippen LogP contribution in [0.2, 0.25) is 0 Å². The van der Waals surface area contributed by atoms with E-state index in [2.05, 4.69) is 37.2 Å². The number of halogens is 5. The van der Waals surface area contributed by atoms with E-state index in [4.69, 9.17) is 0 Å². The van der Waals surface area contributed by atoms with E-state index in [1.807, 2.05) is 0 Å². The molecule has 6 heteroatoms. The Morgan fingerprint density at radius 2 is 1.58 bits per heavy atom. The first kappa shape index (κ1) is 14.4. The quantitative estimate of drug-likeness (QED) is 0.702. The van der Waals surface area contributed by atoms with E-state index in [9.17, 15) is 13.2 Å². The number of hydrogen-bond donors (Lipinski definition) is 1. The van der Waals surface area contributed by atoms with Gasteiger partial charge in [-0.3, -0.25) is 0 Å². The van der Waals surface area contributed by atoms with Crippen LogP contribution in [0.3, 0.4) is 0 Å². The molecule has 2 aromatic carbocycles. The minimum Gasteiger partial charge on any atom is -0.381 e. The fourth-order valence-electron chi connectivity index (χ4n) is 1.53. The lowest BCUT2D eigenvalue weighted by Crippen LogP contribution is -2.05.